The van der Waals surface area contributed by atoms with E-state index in [1.165, 1.54) is 35.2 Å². The maximum absolute atomic E-state index is 6.52. The Labute approximate surface area is 127 Å². The fraction of sp³-hybridized carbons (Fsp3) is 0.421. The van der Waals surface area contributed by atoms with E-state index in [4.69, 9.17) is 5.73 Å². The first-order valence-corrected chi connectivity index (χ1v) is 7.99. The lowest BCUT2D eigenvalue weighted by Crippen LogP contribution is -2.32. The van der Waals surface area contributed by atoms with Crippen LogP contribution in [0.15, 0.2) is 42.6 Å². The van der Waals surface area contributed by atoms with Gasteiger partial charge in [0, 0.05) is 23.9 Å². The molecule has 0 saturated carbocycles. The van der Waals surface area contributed by atoms with Crippen LogP contribution in [-0.2, 0) is 12.8 Å². The molecular weight excluding hydrogens is 256 g/mol. The van der Waals surface area contributed by atoms with Gasteiger partial charge in [-0.15, -0.1) is 0 Å². The van der Waals surface area contributed by atoms with Crippen molar-refractivity contribution in [1.82, 2.24) is 4.98 Å². The second kappa shape index (κ2) is 6.40. The number of nitrogens with two attached hydrogens (primary N) is 1. The Hall–Kier alpha value is -1.67. The molecule has 1 heterocycles. The fourth-order valence-corrected chi connectivity index (χ4v) is 3.48. The topological polar surface area (TPSA) is 38.9 Å². The molecule has 2 unspecified atom stereocenters. The minimum Gasteiger partial charge on any atom is -0.327 e. The SMILES string of the molecule is Cc1ccccc1CCC(N)C1CCCc2cccnc21. The first-order chi connectivity index (χ1) is 10.3. The number of pyridine rings is 1. The van der Waals surface area contributed by atoms with Gasteiger partial charge in [-0.05, 0) is 61.8 Å². The van der Waals surface area contributed by atoms with Gasteiger partial charge < -0.3 is 5.73 Å². The normalized spacial score (nSPS) is 19.0. The van der Waals surface area contributed by atoms with Crippen molar-refractivity contribution in [2.75, 3.05) is 0 Å². The van der Waals surface area contributed by atoms with Crippen molar-refractivity contribution < 1.29 is 0 Å². The van der Waals surface area contributed by atoms with Crippen LogP contribution in [0.25, 0.3) is 0 Å². The van der Waals surface area contributed by atoms with Crippen molar-refractivity contribution in [3.63, 3.8) is 0 Å². The van der Waals surface area contributed by atoms with Crippen LogP contribution in [0.1, 0.15) is 47.6 Å². The zero-order valence-corrected chi connectivity index (χ0v) is 12.8. The van der Waals surface area contributed by atoms with E-state index in [0.717, 1.165) is 19.3 Å². The summed E-state index contributed by atoms with van der Waals surface area (Å²) in [5.74, 6) is 0.430. The zero-order chi connectivity index (χ0) is 14.7. The molecule has 2 N–H and O–H groups in total. The van der Waals surface area contributed by atoms with Crippen LogP contribution in [0.5, 0.6) is 0 Å². The molecule has 2 aromatic rings. The first-order valence-electron chi connectivity index (χ1n) is 7.99. The van der Waals surface area contributed by atoms with Crippen molar-refractivity contribution in [3.8, 4) is 0 Å². The van der Waals surface area contributed by atoms with Crippen LogP contribution in [0.3, 0.4) is 0 Å². The third-order valence-corrected chi connectivity index (χ3v) is 4.76. The van der Waals surface area contributed by atoms with Gasteiger partial charge in [-0.25, -0.2) is 0 Å². The monoisotopic (exact) mass is 280 g/mol. The summed E-state index contributed by atoms with van der Waals surface area (Å²) in [6, 6.07) is 13.1. The Balaban J connectivity index is 1.69. The van der Waals surface area contributed by atoms with Gasteiger partial charge in [-0.2, -0.15) is 0 Å². The molecule has 0 bridgehead atoms. The summed E-state index contributed by atoms with van der Waals surface area (Å²) in [4.78, 5) is 4.61. The van der Waals surface area contributed by atoms with E-state index in [9.17, 15) is 0 Å². The first kappa shape index (κ1) is 14.3. The largest absolute Gasteiger partial charge is 0.327 e. The van der Waals surface area contributed by atoms with Crippen LogP contribution in [0, 0.1) is 6.92 Å². The average Bonchev–Trinajstić information content (AvgIpc) is 2.53. The van der Waals surface area contributed by atoms with Crippen molar-refractivity contribution in [1.29, 1.82) is 0 Å². The molecule has 3 rings (SSSR count). The molecule has 2 atom stereocenters. The summed E-state index contributed by atoms with van der Waals surface area (Å²) in [5, 5.41) is 0. The molecule has 21 heavy (non-hydrogen) atoms. The van der Waals surface area contributed by atoms with Gasteiger partial charge in [0.15, 0.2) is 0 Å². The molecule has 2 nitrogen and oxygen atoms in total. The van der Waals surface area contributed by atoms with Crippen molar-refractivity contribution in [2.24, 2.45) is 5.73 Å². The predicted octanol–water partition coefficient (Wildman–Crippen LogP) is 3.77. The molecule has 2 heteroatoms. The van der Waals surface area contributed by atoms with E-state index >= 15 is 0 Å². The van der Waals surface area contributed by atoms with E-state index in [1.54, 1.807) is 0 Å². The lowest BCUT2D eigenvalue weighted by Gasteiger charge is -2.29. The van der Waals surface area contributed by atoms with E-state index in [-0.39, 0.29) is 6.04 Å². The molecule has 0 saturated heterocycles. The second-order valence-electron chi connectivity index (χ2n) is 6.18. The number of hydrogen-bond donors (Lipinski definition) is 1. The Kier molecular flexibility index (Phi) is 4.35. The highest BCUT2D eigenvalue weighted by Gasteiger charge is 2.26. The number of aromatic nitrogens is 1. The molecule has 0 fully saturated rings. The van der Waals surface area contributed by atoms with Crippen LogP contribution in [0.4, 0.5) is 0 Å². The molecule has 1 aliphatic carbocycles. The Morgan fingerprint density at radius 3 is 2.95 bits per heavy atom. The van der Waals surface area contributed by atoms with E-state index < -0.39 is 0 Å². The molecule has 0 amide bonds. The van der Waals surface area contributed by atoms with Crippen LogP contribution in [0.2, 0.25) is 0 Å². The van der Waals surface area contributed by atoms with Gasteiger partial charge >= 0.3 is 0 Å². The Bertz CT molecular complexity index is 606. The summed E-state index contributed by atoms with van der Waals surface area (Å²) >= 11 is 0. The third-order valence-electron chi connectivity index (χ3n) is 4.76. The summed E-state index contributed by atoms with van der Waals surface area (Å²) in [6.45, 7) is 2.18. The molecule has 0 spiro atoms. The highest BCUT2D eigenvalue weighted by atomic mass is 14.7. The maximum atomic E-state index is 6.52. The van der Waals surface area contributed by atoms with Gasteiger partial charge in [0.2, 0.25) is 0 Å². The van der Waals surface area contributed by atoms with Crippen molar-refractivity contribution in [3.05, 3.63) is 65.0 Å². The smallest absolute Gasteiger partial charge is 0.0481 e. The minimum absolute atomic E-state index is 0.207. The van der Waals surface area contributed by atoms with E-state index in [0.29, 0.717) is 5.92 Å². The fourth-order valence-electron chi connectivity index (χ4n) is 3.48. The minimum atomic E-state index is 0.207. The highest BCUT2D eigenvalue weighted by molar-refractivity contribution is 5.28. The van der Waals surface area contributed by atoms with Gasteiger partial charge in [0.05, 0.1) is 0 Å². The molecule has 1 aromatic carbocycles. The predicted molar refractivity (Wildman–Crippen MR) is 87.4 cm³/mol. The second-order valence-corrected chi connectivity index (χ2v) is 6.18. The van der Waals surface area contributed by atoms with Gasteiger partial charge in [-0.1, -0.05) is 30.3 Å². The van der Waals surface area contributed by atoms with Crippen LogP contribution >= 0.6 is 0 Å². The van der Waals surface area contributed by atoms with E-state index in [1.807, 2.05) is 12.3 Å². The van der Waals surface area contributed by atoms with Crippen molar-refractivity contribution in [2.45, 2.75) is 51.0 Å². The maximum Gasteiger partial charge on any atom is 0.0481 e. The number of aryl methyl sites for hydroxylation is 3. The van der Waals surface area contributed by atoms with Gasteiger partial charge in [-0.3, -0.25) is 4.98 Å². The molecule has 0 aliphatic heterocycles. The lowest BCUT2D eigenvalue weighted by atomic mass is 9.80. The quantitative estimate of drug-likeness (QED) is 0.926. The molecule has 1 aliphatic rings. The Morgan fingerprint density at radius 1 is 1.24 bits per heavy atom. The van der Waals surface area contributed by atoms with E-state index in [2.05, 4.69) is 42.2 Å². The molecular formula is C19H24N2. The number of hydrogen-bond acceptors (Lipinski definition) is 2. The van der Waals surface area contributed by atoms with Crippen molar-refractivity contribution >= 4 is 0 Å². The highest BCUT2D eigenvalue weighted by Crippen LogP contribution is 2.33. The number of fused-ring (bicyclic) bond motifs is 1. The summed E-state index contributed by atoms with van der Waals surface area (Å²) in [7, 11) is 0. The molecule has 110 valence electrons. The number of rotatable bonds is 4. The zero-order valence-electron chi connectivity index (χ0n) is 12.8. The standard InChI is InChI=1S/C19H24N2/c1-14-6-2-3-7-15(14)11-12-18(20)17-10-4-8-16-9-5-13-21-19(16)17/h2-3,5-7,9,13,17-18H,4,8,10-12,20H2,1H3. The third kappa shape index (κ3) is 3.16. The van der Waals surface area contributed by atoms with Gasteiger partial charge in [0.25, 0.3) is 0 Å². The summed E-state index contributed by atoms with van der Waals surface area (Å²) in [5.41, 5.74) is 12.0. The average molecular weight is 280 g/mol. The number of nitrogens with zero attached hydrogens (tertiary/aromatic N) is 1. The van der Waals surface area contributed by atoms with Gasteiger partial charge in [0.1, 0.15) is 0 Å². The summed E-state index contributed by atoms with van der Waals surface area (Å²) < 4.78 is 0. The van der Waals surface area contributed by atoms with Crippen LogP contribution in [-0.4, -0.2) is 11.0 Å². The summed E-state index contributed by atoms with van der Waals surface area (Å²) in [6.07, 6.45) is 7.58. The number of benzene rings is 1. The molecule has 0 radical (unpaired) electrons. The Morgan fingerprint density at radius 2 is 2.10 bits per heavy atom. The lowest BCUT2D eigenvalue weighted by molar-refractivity contribution is 0.432. The molecule has 1 aromatic heterocycles. The van der Waals surface area contributed by atoms with Crippen LogP contribution < -0.4 is 5.73 Å².